The Balaban J connectivity index is 2.62. The number of phenolic OH excluding ortho intramolecular Hbond substituents is 1. The first-order chi connectivity index (χ1) is 7.81. The van der Waals surface area contributed by atoms with Crippen LogP contribution in [0.4, 0.5) is 0 Å². The van der Waals surface area contributed by atoms with Gasteiger partial charge < -0.3 is 9.52 Å². The SMILES string of the molecule is O=Cc1c(O)ccc2oc3ccccc3c12. The van der Waals surface area contributed by atoms with E-state index >= 15 is 0 Å². The first-order valence-electron chi connectivity index (χ1n) is 4.89. The van der Waals surface area contributed by atoms with E-state index in [1.54, 1.807) is 6.07 Å². The van der Waals surface area contributed by atoms with E-state index in [9.17, 15) is 9.90 Å². The van der Waals surface area contributed by atoms with Crippen molar-refractivity contribution in [2.75, 3.05) is 0 Å². The summed E-state index contributed by atoms with van der Waals surface area (Å²) in [6.07, 6.45) is 0.652. The van der Waals surface area contributed by atoms with Crippen LogP contribution in [0.5, 0.6) is 5.75 Å². The van der Waals surface area contributed by atoms with Crippen LogP contribution in [-0.2, 0) is 0 Å². The molecule has 0 saturated carbocycles. The molecule has 1 heterocycles. The Morgan fingerprint density at radius 1 is 1.06 bits per heavy atom. The number of benzene rings is 2. The van der Waals surface area contributed by atoms with Gasteiger partial charge >= 0.3 is 0 Å². The number of hydrogen-bond donors (Lipinski definition) is 1. The lowest BCUT2D eigenvalue weighted by atomic mass is 10.1. The molecule has 0 amide bonds. The van der Waals surface area contributed by atoms with Crippen LogP contribution in [0.25, 0.3) is 21.9 Å². The number of para-hydroxylation sites is 1. The predicted octanol–water partition coefficient (Wildman–Crippen LogP) is 3.10. The Kier molecular flexibility index (Phi) is 1.74. The van der Waals surface area contributed by atoms with Crippen LogP contribution in [0, 0.1) is 0 Å². The van der Waals surface area contributed by atoms with Crippen LogP contribution >= 0.6 is 0 Å². The highest BCUT2D eigenvalue weighted by Gasteiger charge is 2.13. The molecule has 0 aliphatic rings. The second-order valence-electron chi connectivity index (χ2n) is 3.59. The highest BCUT2D eigenvalue weighted by atomic mass is 16.3. The third kappa shape index (κ3) is 1.05. The first kappa shape index (κ1) is 8.97. The minimum Gasteiger partial charge on any atom is -0.507 e. The summed E-state index contributed by atoms with van der Waals surface area (Å²) < 4.78 is 5.58. The number of rotatable bonds is 1. The topological polar surface area (TPSA) is 50.4 Å². The van der Waals surface area contributed by atoms with Crippen LogP contribution in [0.15, 0.2) is 40.8 Å². The Morgan fingerprint density at radius 2 is 1.88 bits per heavy atom. The lowest BCUT2D eigenvalue weighted by Crippen LogP contribution is -1.82. The summed E-state index contributed by atoms with van der Waals surface area (Å²) in [6, 6.07) is 10.6. The van der Waals surface area contributed by atoms with Crippen molar-refractivity contribution < 1.29 is 14.3 Å². The Morgan fingerprint density at radius 3 is 2.69 bits per heavy atom. The van der Waals surface area contributed by atoms with E-state index in [-0.39, 0.29) is 11.3 Å². The monoisotopic (exact) mass is 212 g/mol. The third-order valence-electron chi connectivity index (χ3n) is 2.68. The van der Waals surface area contributed by atoms with E-state index in [1.807, 2.05) is 24.3 Å². The van der Waals surface area contributed by atoms with Gasteiger partial charge in [-0.05, 0) is 18.2 Å². The zero-order chi connectivity index (χ0) is 11.1. The summed E-state index contributed by atoms with van der Waals surface area (Å²) in [5.41, 5.74) is 1.61. The van der Waals surface area contributed by atoms with Gasteiger partial charge in [0.05, 0.1) is 5.56 Å². The third-order valence-corrected chi connectivity index (χ3v) is 2.68. The zero-order valence-corrected chi connectivity index (χ0v) is 8.31. The molecule has 3 heteroatoms. The van der Waals surface area contributed by atoms with Crippen molar-refractivity contribution >= 4 is 28.2 Å². The molecular weight excluding hydrogens is 204 g/mol. The van der Waals surface area contributed by atoms with E-state index in [2.05, 4.69) is 0 Å². The second kappa shape index (κ2) is 3.10. The van der Waals surface area contributed by atoms with E-state index in [1.165, 1.54) is 6.07 Å². The highest BCUT2D eigenvalue weighted by Crippen LogP contribution is 2.34. The van der Waals surface area contributed by atoms with Gasteiger partial charge in [0.2, 0.25) is 0 Å². The van der Waals surface area contributed by atoms with Crippen molar-refractivity contribution in [2.24, 2.45) is 0 Å². The summed E-state index contributed by atoms with van der Waals surface area (Å²) in [4.78, 5) is 11.0. The summed E-state index contributed by atoms with van der Waals surface area (Å²) in [7, 11) is 0. The maximum Gasteiger partial charge on any atom is 0.154 e. The van der Waals surface area contributed by atoms with Gasteiger partial charge in [-0.1, -0.05) is 18.2 Å². The molecule has 0 unspecified atom stereocenters. The molecule has 16 heavy (non-hydrogen) atoms. The Bertz CT molecular complexity index is 695. The summed E-state index contributed by atoms with van der Waals surface area (Å²) in [6.45, 7) is 0. The van der Waals surface area contributed by atoms with Crippen LogP contribution in [0.2, 0.25) is 0 Å². The molecule has 1 aromatic heterocycles. The molecule has 0 aliphatic heterocycles. The van der Waals surface area contributed by atoms with Gasteiger partial charge in [0, 0.05) is 10.8 Å². The Hall–Kier alpha value is -2.29. The van der Waals surface area contributed by atoms with Crippen LogP contribution in [0.1, 0.15) is 10.4 Å². The predicted molar refractivity (Wildman–Crippen MR) is 60.8 cm³/mol. The van der Waals surface area contributed by atoms with Crippen molar-refractivity contribution in [2.45, 2.75) is 0 Å². The average Bonchev–Trinajstić information content (AvgIpc) is 2.68. The largest absolute Gasteiger partial charge is 0.507 e. The van der Waals surface area contributed by atoms with Gasteiger partial charge in [0.1, 0.15) is 16.9 Å². The fourth-order valence-corrected chi connectivity index (χ4v) is 1.95. The number of hydrogen-bond acceptors (Lipinski definition) is 3. The number of furan rings is 1. The maximum absolute atomic E-state index is 11.0. The van der Waals surface area contributed by atoms with Gasteiger partial charge in [-0.15, -0.1) is 0 Å². The quantitative estimate of drug-likeness (QED) is 0.630. The van der Waals surface area contributed by atoms with Crippen molar-refractivity contribution in [1.29, 1.82) is 0 Å². The highest BCUT2D eigenvalue weighted by molar-refractivity contribution is 6.13. The van der Waals surface area contributed by atoms with Crippen molar-refractivity contribution in [1.82, 2.24) is 0 Å². The lowest BCUT2D eigenvalue weighted by Gasteiger charge is -1.97. The molecule has 3 rings (SSSR count). The fraction of sp³-hybridized carbons (Fsp3) is 0. The summed E-state index contributed by atoms with van der Waals surface area (Å²) in [5.74, 6) is -0.0194. The van der Waals surface area contributed by atoms with Crippen molar-refractivity contribution in [3.63, 3.8) is 0 Å². The van der Waals surface area contributed by atoms with Crippen LogP contribution < -0.4 is 0 Å². The summed E-state index contributed by atoms with van der Waals surface area (Å²) >= 11 is 0. The minimum atomic E-state index is -0.0194. The van der Waals surface area contributed by atoms with Crippen molar-refractivity contribution in [3.05, 3.63) is 42.0 Å². The Labute approximate surface area is 90.9 Å². The van der Waals surface area contributed by atoms with E-state index in [0.29, 0.717) is 22.8 Å². The molecule has 3 aromatic rings. The normalized spacial score (nSPS) is 11.0. The number of fused-ring (bicyclic) bond motifs is 3. The zero-order valence-electron chi connectivity index (χ0n) is 8.31. The fourth-order valence-electron chi connectivity index (χ4n) is 1.95. The van der Waals surface area contributed by atoms with Gasteiger partial charge in [-0.2, -0.15) is 0 Å². The molecule has 0 atom stereocenters. The number of phenols is 1. The maximum atomic E-state index is 11.0. The molecule has 0 aliphatic carbocycles. The number of aromatic hydroxyl groups is 1. The average molecular weight is 212 g/mol. The molecule has 3 nitrogen and oxygen atoms in total. The smallest absolute Gasteiger partial charge is 0.154 e. The van der Waals surface area contributed by atoms with Gasteiger partial charge in [0.15, 0.2) is 6.29 Å². The summed E-state index contributed by atoms with van der Waals surface area (Å²) in [5, 5.41) is 11.1. The van der Waals surface area contributed by atoms with Gasteiger partial charge in [-0.3, -0.25) is 4.79 Å². The molecule has 1 N–H and O–H groups in total. The van der Waals surface area contributed by atoms with E-state index in [0.717, 1.165) is 5.39 Å². The molecule has 0 bridgehead atoms. The molecule has 0 radical (unpaired) electrons. The number of carbonyl (C=O) groups is 1. The van der Waals surface area contributed by atoms with Gasteiger partial charge in [0.25, 0.3) is 0 Å². The molecule has 0 spiro atoms. The van der Waals surface area contributed by atoms with Crippen LogP contribution in [-0.4, -0.2) is 11.4 Å². The lowest BCUT2D eigenvalue weighted by molar-refractivity contribution is 0.112. The molecule has 78 valence electrons. The van der Waals surface area contributed by atoms with Crippen LogP contribution in [0.3, 0.4) is 0 Å². The van der Waals surface area contributed by atoms with Crippen molar-refractivity contribution in [3.8, 4) is 5.75 Å². The van der Waals surface area contributed by atoms with E-state index < -0.39 is 0 Å². The van der Waals surface area contributed by atoms with Gasteiger partial charge in [-0.25, -0.2) is 0 Å². The van der Waals surface area contributed by atoms with E-state index in [4.69, 9.17) is 4.42 Å². The number of aldehydes is 1. The first-order valence-corrected chi connectivity index (χ1v) is 4.89. The standard InChI is InChI=1S/C13H8O3/c14-7-9-10(15)5-6-12-13(9)8-3-1-2-4-11(8)16-12/h1-7,15H. The second-order valence-corrected chi connectivity index (χ2v) is 3.59. The molecule has 2 aromatic carbocycles. The molecular formula is C13H8O3. The minimum absolute atomic E-state index is 0.0194. The molecule has 0 saturated heterocycles. The molecule has 0 fully saturated rings. The number of carbonyl (C=O) groups excluding carboxylic acids is 1.